The van der Waals surface area contributed by atoms with Crippen LogP contribution in [0.2, 0.25) is 0 Å². The zero-order chi connectivity index (χ0) is 21.6. The van der Waals surface area contributed by atoms with Crippen LogP contribution in [0.4, 0.5) is 0 Å². The fourth-order valence-corrected chi connectivity index (χ4v) is 4.17. The summed E-state index contributed by atoms with van der Waals surface area (Å²) in [5, 5.41) is 5.15. The lowest BCUT2D eigenvalue weighted by Gasteiger charge is -2.15. The van der Waals surface area contributed by atoms with Gasteiger partial charge in [-0.05, 0) is 55.9 Å². The molecule has 0 atom stereocenters. The molecule has 0 spiro atoms. The number of hydrogen-bond donors (Lipinski definition) is 0. The Morgan fingerprint density at radius 2 is 0.781 bits per heavy atom. The molecule has 6 aromatic carbocycles. The Balaban J connectivity index is 0.000000314. The van der Waals surface area contributed by atoms with Gasteiger partial charge >= 0.3 is 0 Å². The van der Waals surface area contributed by atoms with Gasteiger partial charge in [-0.1, -0.05) is 133 Å². The van der Waals surface area contributed by atoms with Crippen LogP contribution in [-0.2, 0) is 0 Å². The minimum absolute atomic E-state index is 1.25. The minimum Gasteiger partial charge on any atom is -0.0623 e. The smallest absolute Gasteiger partial charge is 0.00266 e. The summed E-state index contributed by atoms with van der Waals surface area (Å²) in [5.41, 5.74) is 5.09. The second-order valence-corrected chi connectivity index (χ2v) is 7.80. The molecule has 0 aliphatic carbocycles. The van der Waals surface area contributed by atoms with E-state index in [4.69, 9.17) is 0 Å². The first-order chi connectivity index (χ1) is 15.9. The summed E-state index contributed by atoms with van der Waals surface area (Å²) in [4.78, 5) is 0. The number of rotatable bonds is 2. The highest BCUT2D eigenvalue weighted by molar-refractivity contribution is 6.09. The first-order valence-electron chi connectivity index (χ1n) is 11.0. The van der Waals surface area contributed by atoms with Crippen molar-refractivity contribution in [1.82, 2.24) is 0 Å². The van der Waals surface area contributed by atoms with Crippen LogP contribution in [0.25, 0.3) is 43.8 Å². The van der Waals surface area contributed by atoms with Gasteiger partial charge in [0.05, 0.1) is 0 Å². The monoisotopic (exact) mass is 408 g/mol. The van der Waals surface area contributed by atoms with Gasteiger partial charge in [-0.3, -0.25) is 0 Å². The first kappa shape index (κ1) is 19.8. The summed E-state index contributed by atoms with van der Waals surface area (Å²) in [6, 6.07) is 51.1. The Bertz CT molecular complexity index is 1410. The lowest BCUT2D eigenvalue weighted by molar-refractivity contribution is 1.61. The number of fused-ring (bicyclic) bond motifs is 2. The predicted octanol–water partition coefficient (Wildman–Crippen LogP) is 9.01. The molecule has 0 radical (unpaired) electrons. The molecule has 32 heavy (non-hydrogen) atoms. The molecule has 0 fully saturated rings. The van der Waals surface area contributed by atoms with E-state index in [0.29, 0.717) is 0 Å². The van der Waals surface area contributed by atoms with Gasteiger partial charge in [0.15, 0.2) is 0 Å². The summed E-state index contributed by atoms with van der Waals surface area (Å²) in [7, 11) is 0. The van der Waals surface area contributed by atoms with E-state index in [1.807, 2.05) is 36.4 Å². The summed E-state index contributed by atoms with van der Waals surface area (Å²) in [5.74, 6) is 0. The van der Waals surface area contributed by atoms with Crippen molar-refractivity contribution in [2.75, 3.05) is 0 Å². The standard InChI is InChI=1S/C26H18.C6H6/c1-3-9-19(10-4-1)24-16-15-23-17-21-13-7-8-14-22(21)18-25(23)26(24)20-11-5-2-6-12-20;1-2-4-6-5-3-1/h1-18H;1-6H. The zero-order valence-corrected chi connectivity index (χ0v) is 17.9. The van der Waals surface area contributed by atoms with Crippen molar-refractivity contribution in [2.24, 2.45) is 0 Å². The van der Waals surface area contributed by atoms with Crippen molar-refractivity contribution in [3.8, 4) is 22.3 Å². The molecule has 0 heteroatoms. The largest absolute Gasteiger partial charge is 0.0623 e. The third-order valence-electron chi connectivity index (χ3n) is 5.70. The van der Waals surface area contributed by atoms with Gasteiger partial charge < -0.3 is 0 Å². The lowest BCUT2D eigenvalue weighted by atomic mass is 9.89. The van der Waals surface area contributed by atoms with Gasteiger partial charge in [0.25, 0.3) is 0 Å². The Morgan fingerprint density at radius 1 is 0.312 bits per heavy atom. The molecule has 0 N–H and O–H groups in total. The molecule has 0 unspecified atom stereocenters. The maximum absolute atomic E-state index is 2.33. The van der Waals surface area contributed by atoms with Gasteiger partial charge in [0, 0.05) is 0 Å². The van der Waals surface area contributed by atoms with E-state index < -0.39 is 0 Å². The summed E-state index contributed by atoms with van der Waals surface area (Å²) in [6.45, 7) is 0. The second-order valence-electron chi connectivity index (χ2n) is 7.80. The molecule has 0 saturated carbocycles. The van der Waals surface area contributed by atoms with E-state index in [9.17, 15) is 0 Å². The molecule has 0 nitrogen and oxygen atoms in total. The molecule has 0 saturated heterocycles. The fourth-order valence-electron chi connectivity index (χ4n) is 4.17. The van der Waals surface area contributed by atoms with E-state index in [0.717, 1.165) is 0 Å². The van der Waals surface area contributed by atoms with Gasteiger partial charge in [-0.25, -0.2) is 0 Å². The molecule has 6 aromatic rings. The molecule has 0 aromatic heterocycles. The van der Waals surface area contributed by atoms with Crippen molar-refractivity contribution in [3.63, 3.8) is 0 Å². The van der Waals surface area contributed by atoms with E-state index in [1.54, 1.807) is 0 Å². The third-order valence-corrected chi connectivity index (χ3v) is 5.70. The van der Waals surface area contributed by atoms with Crippen LogP contribution < -0.4 is 0 Å². The Labute approximate surface area is 189 Å². The normalized spacial score (nSPS) is 10.5. The summed E-state index contributed by atoms with van der Waals surface area (Å²) < 4.78 is 0. The quantitative estimate of drug-likeness (QED) is 0.251. The first-order valence-corrected chi connectivity index (χ1v) is 11.0. The Kier molecular flexibility index (Phi) is 5.76. The van der Waals surface area contributed by atoms with Crippen LogP contribution in [0.5, 0.6) is 0 Å². The van der Waals surface area contributed by atoms with Gasteiger partial charge in [0.2, 0.25) is 0 Å². The highest BCUT2D eigenvalue weighted by Gasteiger charge is 2.12. The molecule has 152 valence electrons. The van der Waals surface area contributed by atoms with Crippen LogP contribution >= 0.6 is 0 Å². The maximum Gasteiger partial charge on any atom is -0.00266 e. The molecule has 6 rings (SSSR count). The highest BCUT2D eigenvalue weighted by atomic mass is 14.2. The summed E-state index contributed by atoms with van der Waals surface area (Å²) >= 11 is 0. The molecule has 0 aliphatic rings. The molecule has 0 amide bonds. The van der Waals surface area contributed by atoms with E-state index in [2.05, 4.69) is 109 Å². The molecule has 0 bridgehead atoms. The van der Waals surface area contributed by atoms with Crippen molar-refractivity contribution in [1.29, 1.82) is 0 Å². The van der Waals surface area contributed by atoms with Crippen LogP contribution in [0.3, 0.4) is 0 Å². The third kappa shape index (κ3) is 4.17. The van der Waals surface area contributed by atoms with Crippen molar-refractivity contribution in [3.05, 3.63) is 146 Å². The molecular weight excluding hydrogens is 384 g/mol. The van der Waals surface area contributed by atoms with Gasteiger partial charge in [-0.2, -0.15) is 0 Å². The summed E-state index contributed by atoms with van der Waals surface area (Å²) in [6.07, 6.45) is 0. The highest BCUT2D eigenvalue weighted by Crippen LogP contribution is 2.39. The molecular formula is C32H24. The maximum atomic E-state index is 2.33. The molecule has 0 aliphatic heterocycles. The number of hydrogen-bond acceptors (Lipinski definition) is 0. The van der Waals surface area contributed by atoms with Crippen LogP contribution in [0, 0.1) is 0 Å². The van der Waals surface area contributed by atoms with Crippen LogP contribution in [-0.4, -0.2) is 0 Å². The lowest BCUT2D eigenvalue weighted by Crippen LogP contribution is -1.88. The Hall–Kier alpha value is -4.16. The fraction of sp³-hybridized carbons (Fsp3) is 0. The van der Waals surface area contributed by atoms with Crippen molar-refractivity contribution >= 4 is 21.5 Å². The zero-order valence-electron chi connectivity index (χ0n) is 17.9. The SMILES string of the molecule is c1ccc(-c2ccc3cc4ccccc4cc3c2-c2ccccc2)cc1.c1ccccc1. The van der Waals surface area contributed by atoms with Crippen LogP contribution in [0.15, 0.2) is 146 Å². The minimum atomic E-state index is 1.25. The Morgan fingerprint density at radius 3 is 1.38 bits per heavy atom. The van der Waals surface area contributed by atoms with Gasteiger partial charge in [0.1, 0.15) is 0 Å². The van der Waals surface area contributed by atoms with E-state index in [1.165, 1.54) is 43.8 Å². The van der Waals surface area contributed by atoms with Crippen LogP contribution in [0.1, 0.15) is 0 Å². The van der Waals surface area contributed by atoms with Gasteiger partial charge in [-0.15, -0.1) is 0 Å². The topological polar surface area (TPSA) is 0 Å². The average molecular weight is 409 g/mol. The number of benzene rings is 6. The van der Waals surface area contributed by atoms with E-state index in [-0.39, 0.29) is 0 Å². The molecule has 0 heterocycles. The van der Waals surface area contributed by atoms with Crippen molar-refractivity contribution in [2.45, 2.75) is 0 Å². The second kappa shape index (κ2) is 9.32. The van der Waals surface area contributed by atoms with E-state index >= 15 is 0 Å². The predicted molar refractivity (Wildman–Crippen MR) is 139 cm³/mol. The average Bonchev–Trinajstić information content (AvgIpc) is 2.89. The van der Waals surface area contributed by atoms with Crippen molar-refractivity contribution < 1.29 is 0 Å².